The van der Waals surface area contributed by atoms with Gasteiger partial charge in [-0.05, 0) is 19.1 Å². The second kappa shape index (κ2) is 3.78. The predicted octanol–water partition coefficient (Wildman–Crippen LogP) is 0.799. The molecule has 60 valence electrons. The smallest absolute Gasteiger partial charge is 0.142 e. The molecule has 4 N–H and O–H groups in total. The first-order valence-electron chi connectivity index (χ1n) is 3.54. The quantitative estimate of drug-likeness (QED) is 0.443. The number of anilines is 2. The van der Waals surface area contributed by atoms with Crippen LogP contribution in [-0.2, 0) is 0 Å². The number of nitrogens with two attached hydrogens (primary N) is 1. The van der Waals surface area contributed by atoms with Gasteiger partial charge in [0.1, 0.15) is 11.6 Å². The summed E-state index contributed by atoms with van der Waals surface area (Å²) in [5.41, 5.74) is 2.47. The van der Waals surface area contributed by atoms with Crippen LogP contribution < -0.4 is 16.6 Å². The van der Waals surface area contributed by atoms with Gasteiger partial charge in [-0.2, -0.15) is 0 Å². The summed E-state index contributed by atoms with van der Waals surface area (Å²) < 4.78 is 0. The Morgan fingerprint density at radius 2 is 2.18 bits per heavy atom. The Hall–Kier alpha value is -1.29. The van der Waals surface area contributed by atoms with Crippen molar-refractivity contribution in [2.75, 3.05) is 17.3 Å². The minimum atomic E-state index is 0.670. The van der Waals surface area contributed by atoms with Crippen LogP contribution in [0.15, 0.2) is 18.2 Å². The fourth-order valence-corrected chi connectivity index (χ4v) is 0.795. The molecule has 0 aliphatic rings. The minimum Gasteiger partial charge on any atom is -0.370 e. The van der Waals surface area contributed by atoms with Gasteiger partial charge < -0.3 is 10.7 Å². The molecule has 0 aliphatic heterocycles. The van der Waals surface area contributed by atoms with Gasteiger partial charge in [-0.1, -0.05) is 6.07 Å². The molecule has 0 saturated heterocycles. The van der Waals surface area contributed by atoms with Crippen LogP contribution in [0.4, 0.5) is 11.6 Å². The molecule has 0 saturated carbocycles. The summed E-state index contributed by atoms with van der Waals surface area (Å²) in [6, 6.07) is 5.59. The lowest BCUT2D eigenvalue weighted by Gasteiger charge is -2.03. The molecule has 0 fully saturated rings. The number of hydrazine groups is 1. The number of pyridine rings is 1. The Labute approximate surface area is 65.8 Å². The van der Waals surface area contributed by atoms with Gasteiger partial charge in [0.25, 0.3) is 0 Å². The zero-order chi connectivity index (χ0) is 8.10. The van der Waals surface area contributed by atoms with Gasteiger partial charge in [0.2, 0.25) is 0 Å². The van der Waals surface area contributed by atoms with E-state index in [4.69, 9.17) is 5.84 Å². The lowest BCUT2D eigenvalue weighted by molar-refractivity contribution is 1.14. The SMILES string of the molecule is CCNc1cccc(NN)n1. The number of rotatable bonds is 3. The summed E-state index contributed by atoms with van der Waals surface area (Å²) in [5, 5.41) is 3.08. The molecule has 0 spiro atoms. The van der Waals surface area contributed by atoms with Gasteiger partial charge in [-0.15, -0.1) is 0 Å². The van der Waals surface area contributed by atoms with E-state index in [2.05, 4.69) is 15.7 Å². The second-order valence-electron chi connectivity index (χ2n) is 2.08. The summed E-state index contributed by atoms with van der Waals surface area (Å²) >= 11 is 0. The first-order valence-corrected chi connectivity index (χ1v) is 3.54. The molecule has 11 heavy (non-hydrogen) atoms. The summed E-state index contributed by atoms with van der Waals surface area (Å²) in [7, 11) is 0. The van der Waals surface area contributed by atoms with Crippen molar-refractivity contribution in [2.24, 2.45) is 5.84 Å². The molecule has 1 rings (SSSR count). The Bertz CT molecular complexity index is 223. The van der Waals surface area contributed by atoms with Gasteiger partial charge in [0, 0.05) is 6.54 Å². The van der Waals surface area contributed by atoms with Crippen molar-refractivity contribution in [3.8, 4) is 0 Å². The molecule has 0 unspecified atom stereocenters. The molecule has 1 heterocycles. The molecule has 0 amide bonds. The Kier molecular flexibility index (Phi) is 2.68. The molecule has 1 aromatic rings. The number of nitrogens with one attached hydrogen (secondary N) is 2. The molecule has 0 atom stereocenters. The van der Waals surface area contributed by atoms with Crippen LogP contribution in [0.5, 0.6) is 0 Å². The van der Waals surface area contributed by atoms with E-state index in [-0.39, 0.29) is 0 Å². The zero-order valence-corrected chi connectivity index (χ0v) is 6.46. The standard InChI is InChI=1S/C7H12N4/c1-2-9-6-4-3-5-7(10-6)11-8/h3-5H,2,8H2,1H3,(H2,9,10,11). The van der Waals surface area contributed by atoms with Gasteiger partial charge in [-0.3, -0.25) is 0 Å². The maximum absolute atomic E-state index is 5.17. The number of nitrogens with zero attached hydrogens (tertiary/aromatic N) is 1. The van der Waals surface area contributed by atoms with E-state index in [1.807, 2.05) is 19.1 Å². The van der Waals surface area contributed by atoms with Crippen LogP contribution in [0.2, 0.25) is 0 Å². The third-order valence-corrected chi connectivity index (χ3v) is 1.25. The fourth-order valence-electron chi connectivity index (χ4n) is 0.795. The molecule has 1 aromatic heterocycles. The largest absolute Gasteiger partial charge is 0.370 e. The van der Waals surface area contributed by atoms with Gasteiger partial charge in [0.15, 0.2) is 0 Å². The molecular weight excluding hydrogens is 140 g/mol. The molecule has 0 aliphatic carbocycles. The highest BCUT2D eigenvalue weighted by Gasteiger charge is 1.91. The molecule has 0 bridgehead atoms. The van der Waals surface area contributed by atoms with E-state index in [9.17, 15) is 0 Å². The Balaban J connectivity index is 2.74. The third-order valence-electron chi connectivity index (χ3n) is 1.25. The molecule has 0 aromatic carbocycles. The summed E-state index contributed by atoms with van der Waals surface area (Å²) in [5.74, 6) is 6.68. The number of hydrogen-bond donors (Lipinski definition) is 3. The first-order chi connectivity index (χ1) is 5.36. The Morgan fingerprint density at radius 3 is 2.82 bits per heavy atom. The summed E-state index contributed by atoms with van der Waals surface area (Å²) in [6.07, 6.45) is 0. The van der Waals surface area contributed by atoms with Gasteiger partial charge in [0.05, 0.1) is 0 Å². The van der Waals surface area contributed by atoms with E-state index < -0.39 is 0 Å². The normalized spacial score (nSPS) is 9.27. The summed E-state index contributed by atoms with van der Waals surface area (Å²) in [6.45, 7) is 2.88. The van der Waals surface area contributed by atoms with E-state index in [1.165, 1.54) is 0 Å². The monoisotopic (exact) mass is 152 g/mol. The maximum Gasteiger partial charge on any atom is 0.142 e. The van der Waals surface area contributed by atoms with E-state index in [0.29, 0.717) is 5.82 Å². The van der Waals surface area contributed by atoms with Crippen LogP contribution in [-0.4, -0.2) is 11.5 Å². The van der Waals surface area contributed by atoms with Crippen molar-refractivity contribution in [2.45, 2.75) is 6.92 Å². The minimum absolute atomic E-state index is 0.670. The first kappa shape index (κ1) is 7.81. The van der Waals surface area contributed by atoms with Crippen molar-refractivity contribution >= 4 is 11.6 Å². The average molecular weight is 152 g/mol. The second-order valence-corrected chi connectivity index (χ2v) is 2.08. The molecule has 4 heteroatoms. The third kappa shape index (κ3) is 2.09. The number of aromatic nitrogens is 1. The lowest BCUT2D eigenvalue weighted by atomic mass is 10.4. The van der Waals surface area contributed by atoms with Crippen LogP contribution in [0, 0.1) is 0 Å². The van der Waals surface area contributed by atoms with Crippen molar-refractivity contribution < 1.29 is 0 Å². The topological polar surface area (TPSA) is 63.0 Å². The fraction of sp³-hybridized carbons (Fsp3) is 0.286. The predicted molar refractivity (Wildman–Crippen MR) is 46.2 cm³/mol. The number of nitrogen functional groups attached to an aromatic ring is 1. The van der Waals surface area contributed by atoms with Gasteiger partial charge >= 0.3 is 0 Å². The molecule has 0 radical (unpaired) electrons. The highest BCUT2D eigenvalue weighted by atomic mass is 15.3. The van der Waals surface area contributed by atoms with Crippen LogP contribution in [0.3, 0.4) is 0 Å². The zero-order valence-electron chi connectivity index (χ0n) is 6.46. The van der Waals surface area contributed by atoms with Gasteiger partial charge in [-0.25, -0.2) is 10.8 Å². The average Bonchev–Trinajstić information content (AvgIpc) is 2.06. The van der Waals surface area contributed by atoms with Crippen LogP contribution in [0.25, 0.3) is 0 Å². The van der Waals surface area contributed by atoms with Crippen LogP contribution in [0.1, 0.15) is 6.92 Å². The molecular formula is C7H12N4. The van der Waals surface area contributed by atoms with Crippen LogP contribution >= 0.6 is 0 Å². The van der Waals surface area contributed by atoms with Crippen molar-refractivity contribution in [3.63, 3.8) is 0 Å². The highest BCUT2D eigenvalue weighted by molar-refractivity contribution is 5.44. The van der Waals surface area contributed by atoms with Crippen molar-refractivity contribution in [1.82, 2.24) is 4.98 Å². The Morgan fingerprint density at radius 1 is 1.45 bits per heavy atom. The van der Waals surface area contributed by atoms with E-state index in [1.54, 1.807) is 6.07 Å². The number of hydrogen-bond acceptors (Lipinski definition) is 4. The van der Waals surface area contributed by atoms with E-state index >= 15 is 0 Å². The highest BCUT2D eigenvalue weighted by Crippen LogP contribution is 2.06. The molecule has 4 nitrogen and oxygen atoms in total. The maximum atomic E-state index is 5.17. The summed E-state index contributed by atoms with van der Waals surface area (Å²) in [4.78, 5) is 4.13. The van der Waals surface area contributed by atoms with E-state index in [0.717, 1.165) is 12.4 Å². The van der Waals surface area contributed by atoms with Crippen molar-refractivity contribution in [3.05, 3.63) is 18.2 Å². The van der Waals surface area contributed by atoms with Crippen molar-refractivity contribution in [1.29, 1.82) is 0 Å². The lowest BCUT2D eigenvalue weighted by Crippen LogP contribution is -2.09.